The van der Waals surface area contributed by atoms with Gasteiger partial charge in [0, 0.05) is 5.39 Å². The highest BCUT2D eigenvalue weighted by atomic mass is 32.2. The standard InChI is InChI=1S/C16H10N6O7S2/c17-4-3-12-11(7-18)16(21-19-12)22-20-14-10-6-9(30(24,25)26)2-1-8(10)5-13(15(14)23)31(27,28)29/h1-2,5-6,23H,3H2,(H,19,21)(H,24,25,26)(H,27,28,29)/b22-20+. The number of phenols is 1. The van der Waals surface area contributed by atoms with Crippen molar-refractivity contribution in [3.63, 3.8) is 0 Å². The van der Waals surface area contributed by atoms with E-state index >= 15 is 0 Å². The number of fused-ring (bicyclic) bond motifs is 1. The number of nitrogens with zero attached hydrogens (tertiary/aromatic N) is 5. The molecule has 0 spiro atoms. The summed E-state index contributed by atoms with van der Waals surface area (Å²) in [6, 6.07) is 7.44. The Hall–Kier alpha value is -3.89. The third-order valence-corrected chi connectivity index (χ3v) is 5.75. The second-order valence-corrected chi connectivity index (χ2v) is 8.76. The highest BCUT2D eigenvalue weighted by Crippen LogP contribution is 2.42. The Bertz CT molecular complexity index is 1540. The molecule has 0 aliphatic carbocycles. The van der Waals surface area contributed by atoms with E-state index in [2.05, 4.69) is 20.4 Å². The van der Waals surface area contributed by atoms with Crippen LogP contribution in [0.15, 0.2) is 44.3 Å². The van der Waals surface area contributed by atoms with Crippen molar-refractivity contribution in [1.82, 2.24) is 10.2 Å². The van der Waals surface area contributed by atoms with Gasteiger partial charge < -0.3 is 5.11 Å². The maximum absolute atomic E-state index is 11.6. The summed E-state index contributed by atoms with van der Waals surface area (Å²) in [7, 11) is -9.57. The molecule has 0 aliphatic rings. The number of aromatic amines is 1. The molecule has 0 aliphatic heterocycles. The molecule has 31 heavy (non-hydrogen) atoms. The van der Waals surface area contributed by atoms with Crippen LogP contribution in [0.3, 0.4) is 0 Å². The molecule has 0 atom stereocenters. The molecule has 3 rings (SSSR count). The van der Waals surface area contributed by atoms with E-state index in [0.29, 0.717) is 0 Å². The number of benzene rings is 2. The van der Waals surface area contributed by atoms with E-state index in [4.69, 9.17) is 5.26 Å². The Morgan fingerprint density at radius 3 is 2.35 bits per heavy atom. The number of nitrogens with one attached hydrogen (secondary N) is 1. The Kier molecular flexibility index (Phi) is 5.45. The molecule has 0 saturated heterocycles. The summed E-state index contributed by atoms with van der Waals surface area (Å²) in [5, 5.41) is 41.8. The first-order valence-electron chi connectivity index (χ1n) is 7.98. The number of hydrogen-bond acceptors (Lipinski definition) is 10. The summed E-state index contributed by atoms with van der Waals surface area (Å²) in [6.45, 7) is 0. The predicted molar refractivity (Wildman–Crippen MR) is 102 cm³/mol. The molecular formula is C16H10N6O7S2. The van der Waals surface area contributed by atoms with Gasteiger partial charge in [0.1, 0.15) is 22.2 Å². The van der Waals surface area contributed by atoms with Gasteiger partial charge in [-0.2, -0.15) is 32.5 Å². The lowest BCUT2D eigenvalue weighted by Crippen LogP contribution is -2.00. The zero-order chi connectivity index (χ0) is 23.0. The van der Waals surface area contributed by atoms with E-state index in [1.54, 1.807) is 12.1 Å². The first-order valence-corrected chi connectivity index (χ1v) is 10.9. The summed E-state index contributed by atoms with van der Waals surface area (Å²) in [6.07, 6.45) is -0.209. The summed E-state index contributed by atoms with van der Waals surface area (Å²) in [4.78, 5) is -1.50. The number of rotatable bonds is 5. The van der Waals surface area contributed by atoms with E-state index in [1.165, 1.54) is 0 Å². The fraction of sp³-hybridized carbons (Fsp3) is 0.0625. The number of aromatic nitrogens is 2. The minimum Gasteiger partial charge on any atom is -0.504 e. The van der Waals surface area contributed by atoms with Crippen LogP contribution in [0.2, 0.25) is 0 Å². The minimum atomic E-state index is -4.91. The predicted octanol–water partition coefficient (Wildman–Crippen LogP) is 2.12. The lowest BCUT2D eigenvalue weighted by molar-refractivity contribution is 0.445. The van der Waals surface area contributed by atoms with Crippen LogP contribution < -0.4 is 0 Å². The van der Waals surface area contributed by atoms with Crippen molar-refractivity contribution in [3.05, 3.63) is 35.5 Å². The third kappa shape index (κ3) is 4.20. The average molecular weight is 462 g/mol. The van der Waals surface area contributed by atoms with Crippen LogP contribution in [0.4, 0.5) is 11.5 Å². The van der Waals surface area contributed by atoms with Gasteiger partial charge in [-0.3, -0.25) is 14.2 Å². The van der Waals surface area contributed by atoms with Gasteiger partial charge in [-0.05, 0) is 23.6 Å². The molecule has 0 radical (unpaired) electrons. The van der Waals surface area contributed by atoms with Crippen molar-refractivity contribution >= 4 is 42.5 Å². The molecule has 4 N–H and O–H groups in total. The molecule has 1 heterocycles. The SMILES string of the molecule is N#CCc1n[nH]c(/N=N/c2c(O)c(S(=O)(=O)O)cc3ccc(S(=O)(=O)O)cc23)c1C#N. The topological polar surface area (TPSA) is 230 Å². The normalized spacial score (nSPS) is 12.1. The van der Waals surface area contributed by atoms with Crippen LogP contribution >= 0.6 is 0 Å². The lowest BCUT2D eigenvalue weighted by atomic mass is 10.1. The monoisotopic (exact) mass is 462 g/mol. The fourth-order valence-electron chi connectivity index (χ4n) is 2.64. The molecule has 0 saturated carbocycles. The molecule has 0 unspecified atom stereocenters. The quantitative estimate of drug-likeness (QED) is 0.318. The number of azo groups is 1. The van der Waals surface area contributed by atoms with Crippen LogP contribution in [-0.4, -0.2) is 41.2 Å². The van der Waals surface area contributed by atoms with E-state index in [-0.39, 0.29) is 34.3 Å². The zero-order valence-corrected chi connectivity index (χ0v) is 16.7. The first-order chi connectivity index (χ1) is 14.5. The molecule has 15 heteroatoms. The Morgan fingerprint density at radius 1 is 1.06 bits per heavy atom. The maximum Gasteiger partial charge on any atom is 0.298 e. The third-order valence-electron chi connectivity index (χ3n) is 4.03. The van der Waals surface area contributed by atoms with Crippen molar-refractivity contribution < 1.29 is 31.0 Å². The second kappa shape index (κ2) is 7.74. The lowest BCUT2D eigenvalue weighted by Gasteiger charge is -2.09. The second-order valence-electron chi connectivity index (χ2n) is 5.95. The Morgan fingerprint density at radius 2 is 1.77 bits per heavy atom. The molecule has 0 bridgehead atoms. The highest BCUT2D eigenvalue weighted by Gasteiger charge is 2.23. The minimum absolute atomic E-state index is 0.0297. The van der Waals surface area contributed by atoms with Gasteiger partial charge in [-0.1, -0.05) is 6.07 Å². The summed E-state index contributed by atoms with van der Waals surface area (Å²) < 4.78 is 64.8. The molecular weight excluding hydrogens is 452 g/mol. The highest BCUT2D eigenvalue weighted by molar-refractivity contribution is 7.86. The summed E-state index contributed by atoms with van der Waals surface area (Å²) >= 11 is 0. The van der Waals surface area contributed by atoms with Crippen molar-refractivity contribution in [2.75, 3.05) is 0 Å². The molecule has 13 nitrogen and oxygen atoms in total. The van der Waals surface area contributed by atoms with Crippen molar-refractivity contribution in [2.24, 2.45) is 10.2 Å². The van der Waals surface area contributed by atoms with Crippen LogP contribution in [0.25, 0.3) is 10.8 Å². The molecule has 0 fully saturated rings. The number of nitriles is 2. The molecule has 1 aromatic heterocycles. The van der Waals surface area contributed by atoms with E-state index < -0.39 is 41.5 Å². The van der Waals surface area contributed by atoms with Gasteiger partial charge in [0.15, 0.2) is 11.6 Å². The molecule has 158 valence electrons. The smallest absolute Gasteiger partial charge is 0.298 e. The van der Waals surface area contributed by atoms with Crippen LogP contribution in [0.5, 0.6) is 5.75 Å². The molecule has 2 aromatic carbocycles. The van der Waals surface area contributed by atoms with Crippen molar-refractivity contribution in [3.8, 4) is 17.9 Å². The number of aromatic hydroxyl groups is 1. The molecule has 0 amide bonds. The van der Waals surface area contributed by atoms with Crippen molar-refractivity contribution in [1.29, 1.82) is 10.5 Å². The van der Waals surface area contributed by atoms with E-state index in [0.717, 1.165) is 24.3 Å². The van der Waals surface area contributed by atoms with Crippen LogP contribution in [0.1, 0.15) is 11.3 Å². The van der Waals surface area contributed by atoms with Crippen LogP contribution in [0, 0.1) is 22.7 Å². The average Bonchev–Trinajstić information content (AvgIpc) is 3.06. The van der Waals surface area contributed by atoms with E-state index in [9.17, 15) is 36.3 Å². The van der Waals surface area contributed by atoms with Gasteiger partial charge >= 0.3 is 0 Å². The molecule has 3 aromatic rings. The number of hydrogen-bond donors (Lipinski definition) is 4. The largest absolute Gasteiger partial charge is 0.504 e. The van der Waals surface area contributed by atoms with Crippen molar-refractivity contribution in [2.45, 2.75) is 16.2 Å². The summed E-state index contributed by atoms with van der Waals surface area (Å²) in [5.41, 5.74) is -0.622. The maximum atomic E-state index is 11.6. The van der Waals surface area contributed by atoms with Gasteiger partial charge in [0.25, 0.3) is 20.2 Å². The van der Waals surface area contributed by atoms with Gasteiger partial charge in [-0.15, -0.1) is 10.2 Å². The Balaban J connectivity index is 2.32. The van der Waals surface area contributed by atoms with Gasteiger partial charge in [-0.25, -0.2) is 0 Å². The first kappa shape index (κ1) is 21.8. The number of H-pyrrole nitrogens is 1. The van der Waals surface area contributed by atoms with Crippen LogP contribution in [-0.2, 0) is 26.7 Å². The van der Waals surface area contributed by atoms with Gasteiger partial charge in [0.05, 0.1) is 23.1 Å². The fourth-order valence-corrected chi connectivity index (χ4v) is 3.76. The Labute approximate surface area is 174 Å². The zero-order valence-electron chi connectivity index (χ0n) is 15.0. The number of phenolic OH excluding ortho intramolecular Hbond substituents is 1. The van der Waals surface area contributed by atoms with E-state index in [1.807, 2.05) is 0 Å². The van der Waals surface area contributed by atoms with Gasteiger partial charge in [0.2, 0.25) is 0 Å². The summed E-state index contributed by atoms with van der Waals surface area (Å²) in [5.74, 6) is -1.27.